The number of benzene rings is 3. The van der Waals surface area contributed by atoms with E-state index in [1.54, 1.807) is 36.7 Å². The number of aryl methyl sites for hydroxylation is 1. The van der Waals surface area contributed by atoms with Gasteiger partial charge in [-0.05, 0) is 68.1 Å². The lowest BCUT2D eigenvalue weighted by molar-refractivity contribution is -0.123. The second kappa shape index (κ2) is 11.5. The fourth-order valence-electron chi connectivity index (χ4n) is 5.35. The van der Waals surface area contributed by atoms with Gasteiger partial charge in [-0.2, -0.15) is 4.31 Å². The Hall–Kier alpha value is -3.95. The molecule has 0 fully saturated rings. The first kappa shape index (κ1) is 28.6. The second-order valence-electron chi connectivity index (χ2n) is 11.6. The largest absolute Gasteiger partial charge is 0.364 e. The minimum atomic E-state index is -3.98. The van der Waals surface area contributed by atoms with Crippen LogP contribution >= 0.6 is 0 Å². The first-order valence-electron chi connectivity index (χ1n) is 13.8. The maximum atomic E-state index is 14.1. The summed E-state index contributed by atoms with van der Waals surface area (Å²) in [4.78, 5) is 19.9. The highest BCUT2D eigenvalue weighted by Crippen LogP contribution is 2.35. The minimum Gasteiger partial charge on any atom is -0.364 e. The molecule has 5 rings (SSSR count). The second-order valence-corrected chi connectivity index (χ2v) is 13.5. The molecule has 4 aromatic rings. The van der Waals surface area contributed by atoms with E-state index >= 15 is 0 Å². The summed E-state index contributed by atoms with van der Waals surface area (Å²) in [5, 5.41) is 2.95. The van der Waals surface area contributed by atoms with Gasteiger partial charge in [0, 0.05) is 37.1 Å². The lowest BCUT2D eigenvalue weighted by Gasteiger charge is -2.41. The van der Waals surface area contributed by atoms with Gasteiger partial charge in [-0.25, -0.2) is 13.4 Å². The molecule has 1 aliphatic rings. The third kappa shape index (κ3) is 6.52. The number of hydrogen-bond donors (Lipinski definition) is 1. The van der Waals surface area contributed by atoms with Crippen molar-refractivity contribution in [2.24, 2.45) is 7.05 Å². The molecule has 1 aliphatic heterocycles. The molecule has 0 saturated carbocycles. The van der Waals surface area contributed by atoms with Crippen LogP contribution in [0.4, 0.5) is 5.69 Å². The normalized spacial score (nSPS) is 15.5. The Labute approximate surface area is 242 Å². The summed E-state index contributed by atoms with van der Waals surface area (Å²) in [6, 6.07) is 24.4. The minimum absolute atomic E-state index is 0.172. The number of imidazole rings is 1. The van der Waals surface area contributed by atoms with Gasteiger partial charge in [-0.3, -0.25) is 4.79 Å². The zero-order valence-corrected chi connectivity index (χ0v) is 24.8. The SMILES string of the molecule is Cn1cncc1CN1CC(N(CC(=O)NC(C)(C)C)S(=O)(=O)c2ccccc2)Cc2cc(-c3ccccc3)ccc21. The van der Waals surface area contributed by atoms with E-state index in [2.05, 4.69) is 45.5 Å². The maximum absolute atomic E-state index is 14.1. The molecule has 1 N–H and O–H groups in total. The summed E-state index contributed by atoms with van der Waals surface area (Å²) in [6.07, 6.45) is 4.07. The van der Waals surface area contributed by atoms with Gasteiger partial charge in [-0.15, -0.1) is 0 Å². The molecule has 1 atom stereocenters. The van der Waals surface area contributed by atoms with Gasteiger partial charge >= 0.3 is 0 Å². The van der Waals surface area contributed by atoms with Crippen molar-refractivity contribution in [2.75, 3.05) is 18.0 Å². The number of sulfonamides is 1. The Kier molecular flexibility index (Phi) is 8.02. The standard InChI is InChI=1S/C32H37N5O3S/c1-32(2,3)34-31(38)22-37(41(39,40)29-13-9-6-10-14-29)27-18-26-17-25(24-11-7-5-8-12-24)15-16-30(26)36(20-27)21-28-19-33-23-35(28)4/h5-17,19,23,27H,18,20-22H2,1-4H3,(H,34,38). The van der Waals surface area contributed by atoms with Crippen LogP contribution in [0.15, 0.2) is 96.3 Å². The van der Waals surface area contributed by atoms with E-state index in [0.29, 0.717) is 19.5 Å². The molecular weight excluding hydrogens is 534 g/mol. The highest BCUT2D eigenvalue weighted by molar-refractivity contribution is 7.89. The molecule has 1 unspecified atom stereocenters. The van der Waals surface area contributed by atoms with Crippen LogP contribution in [-0.2, 0) is 34.8 Å². The van der Waals surface area contributed by atoms with E-state index < -0.39 is 21.6 Å². The van der Waals surface area contributed by atoms with Gasteiger partial charge in [-0.1, -0.05) is 54.6 Å². The lowest BCUT2D eigenvalue weighted by Crippen LogP contribution is -2.55. The smallest absolute Gasteiger partial charge is 0.243 e. The van der Waals surface area contributed by atoms with Gasteiger partial charge in [0.15, 0.2) is 0 Å². The van der Waals surface area contributed by atoms with Crippen molar-refractivity contribution in [1.29, 1.82) is 0 Å². The van der Waals surface area contributed by atoms with Crippen LogP contribution < -0.4 is 10.2 Å². The fraction of sp³-hybridized carbons (Fsp3) is 0.312. The van der Waals surface area contributed by atoms with E-state index in [1.165, 1.54) is 4.31 Å². The Morgan fingerprint density at radius 1 is 1.00 bits per heavy atom. The van der Waals surface area contributed by atoms with Gasteiger partial charge in [0.1, 0.15) is 0 Å². The predicted molar refractivity (Wildman–Crippen MR) is 162 cm³/mol. The Morgan fingerprint density at radius 3 is 2.32 bits per heavy atom. The molecule has 0 saturated heterocycles. The number of fused-ring (bicyclic) bond motifs is 1. The Balaban J connectivity index is 1.57. The summed E-state index contributed by atoms with van der Waals surface area (Å²) in [7, 11) is -2.03. The Bertz CT molecular complexity index is 1610. The van der Waals surface area contributed by atoms with Crippen LogP contribution in [-0.4, -0.2) is 52.9 Å². The number of nitrogens with one attached hydrogen (secondary N) is 1. The van der Waals surface area contributed by atoms with Crippen molar-refractivity contribution in [3.63, 3.8) is 0 Å². The van der Waals surface area contributed by atoms with Crippen LogP contribution in [0.25, 0.3) is 11.1 Å². The molecule has 0 radical (unpaired) electrons. The molecule has 214 valence electrons. The molecule has 41 heavy (non-hydrogen) atoms. The molecule has 0 bridgehead atoms. The number of amides is 1. The van der Waals surface area contributed by atoms with E-state index in [9.17, 15) is 13.2 Å². The number of anilines is 1. The van der Waals surface area contributed by atoms with E-state index in [1.807, 2.05) is 56.8 Å². The van der Waals surface area contributed by atoms with Crippen LogP contribution in [0, 0.1) is 0 Å². The molecular formula is C32H37N5O3S. The number of rotatable bonds is 8. The van der Waals surface area contributed by atoms with Gasteiger partial charge in [0.25, 0.3) is 0 Å². The zero-order valence-electron chi connectivity index (χ0n) is 24.0. The molecule has 9 heteroatoms. The van der Waals surface area contributed by atoms with E-state index in [0.717, 1.165) is 28.1 Å². The topological polar surface area (TPSA) is 87.5 Å². The number of nitrogens with zero attached hydrogens (tertiary/aromatic N) is 4. The molecule has 0 spiro atoms. The number of carbonyl (C=O) groups excluding carboxylic acids is 1. The van der Waals surface area contributed by atoms with Crippen molar-refractivity contribution in [2.45, 2.75) is 50.2 Å². The van der Waals surface area contributed by atoms with Gasteiger partial charge < -0.3 is 14.8 Å². The average molecular weight is 572 g/mol. The van der Waals surface area contributed by atoms with Crippen molar-refractivity contribution in [3.05, 3.63) is 103 Å². The van der Waals surface area contributed by atoms with E-state index in [-0.39, 0.29) is 17.3 Å². The third-order valence-corrected chi connectivity index (χ3v) is 9.17. The summed E-state index contributed by atoms with van der Waals surface area (Å²) in [5.41, 5.74) is 4.76. The number of hydrogen-bond acceptors (Lipinski definition) is 5. The van der Waals surface area contributed by atoms with Crippen molar-refractivity contribution >= 4 is 21.6 Å². The average Bonchev–Trinajstić information content (AvgIpc) is 3.35. The lowest BCUT2D eigenvalue weighted by atomic mass is 9.93. The van der Waals surface area contributed by atoms with Crippen molar-refractivity contribution in [1.82, 2.24) is 19.2 Å². The van der Waals surface area contributed by atoms with Gasteiger partial charge in [0.2, 0.25) is 15.9 Å². The summed E-state index contributed by atoms with van der Waals surface area (Å²) < 4.78 is 31.6. The quantitative estimate of drug-likeness (QED) is 0.333. The van der Waals surface area contributed by atoms with Crippen LogP contribution in [0.3, 0.4) is 0 Å². The summed E-state index contributed by atoms with van der Waals surface area (Å²) >= 11 is 0. The monoisotopic (exact) mass is 571 g/mol. The molecule has 2 heterocycles. The zero-order chi connectivity index (χ0) is 29.2. The van der Waals surface area contributed by atoms with Crippen LogP contribution in [0.1, 0.15) is 32.0 Å². The first-order chi connectivity index (χ1) is 19.5. The highest BCUT2D eigenvalue weighted by Gasteiger charge is 2.38. The molecule has 1 aromatic heterocycles. The fourth-order valence-corrected chi connectivity index (χ4v) is 6.94. The Morgan fingerprint density at radius 2 is 1.68 bits per heavy atom. The predicted octanol–water partition coefficient (Wildman–Crippen LogP) is 4.62. The summed E-state index contributed by atoms with van der Waals surface area (Å²) in [6.45, 7) is 6.37. The highest BCUT2D eigenvalue weighted by atomic mass is 32.2. The first-order valence-corrected chi connectivity index (χ1v) is 15.2. The van der Waals surface area contributed by atoms with Crippen LogP contribution in [0.2, 0.25) is 0 Å². The number of carbonyl (C=O) groups is 1. The number of aromatic nitrogens is 2. The van der Waals surface area contributed by atoms with E-state index in [4.69, 9.17) is 0 Å². The van der Waals surface area contributed by atoms with Gasteiger partial charge in [0.05, 0.1) is 30.0 Å². The van der Waals surface area contributed by atoms with Crippen molar-refractivity contribution < 1.29 is 13.2 Å². The summed E-state index contributed by atoms with van der Waals surface area (Å²) in [5.74, 6) is -0.334. The molecule has 1 amide bonds. The third-order valence-electron chi connectivity index (χ3n) is 7.25. The van der Waals surface area contributed by atoms with Crippen molar-refractivity contribution in [3.8, 4) is 11.1 Å². The van der Waals surface area contributed by atoms with Crippen LogP contribution in [0.5, 0.6) is 0 Å². The molecule has 8 nitrogen and oxygen atoms in total. The molecule has 3 aromatic carbocycles. The maximum Gasteiger partial charge on any atom is 0.243 e. The molecule has 0 aliphatic carbocycles.